The summed E-state index contributed by atoms with van der Waals surface area (Å²) in [6.45, 7) is 6.81. The molecule has 3 aromatic rings. The van der Waals surface area contributed by atoms with Crippen molar-refractivity contribution < 1.29 is 4.79 Å². The number of aromatic nitrogens is 3. The maximum absolute atomic E-state index is 12.6. The van der Waals surface area contributed by atoms with Crippen molar-refractivity contribution in [1.82, 2.24) is 19.9 Å². The number of piperidine rings is 1. The lowest BCUT2D eigenvalue weighted by Crippen LogP contribution is -2.39. The minimum absolute atomic E-state index is 0.179. The van der Waals surface area contributed by atoms with Gasteiger partial charge >= 0.3 is 0 Å². The van der Waals surface area contributed by atoms with E-state index in [1.165, 1.54) is 23.8 Å². The fraction of sp³-hybridized carbons (Fsp3) is 0.462. The Hall–Kier alpha value is -2.86. The van der Waals surface area contributed by atoms with Crippen molar-refractivity contribution in [1.29, 1.82) is 0 Å². The van der Waals surface area contributed by atoms with Gasteiger partial charge in [0.2, 0.25) is 5.91 Å². The Balaban J connectivity index is 1.47. The van der Waals surface area contributed by atoms with E-state index in [0.717, 1.165) is 67.3 Å². The summed E-state index contributed by atoms with van der Waals surface area (Å²) in [5, 5.41) is 1.17. The quantitative estimate of drug-likeness (QED) is 0.586. The average molecular weight is 430 g/mol. The molecule has 0 spiro atoms. The summed E-state index contributed by atoms with van der Waals surface area (Å²) in [5.74, 6) is 1.92. The van der Waals surface area contributed by atoms with Crippen LogP contribution in [0.4, 0.5) is 5.82 Å². The summed E-state index contributed by atoms with van der Waals surface area (Å²) in [5.41, 5.74) is 4.49. The highest BCUT2D eigenvalue weighted by Gasteiger charge is 2.31. The van der Waals surface area contributed by atoms with Gasteiger partial charge in [0, 0.05) is 42.4 Å². The van der Waals surface area contributed by atoms with Gasteiger partial charge in [-0.2, -0.15) is 0 Å². The zero-order valence-electron chi connectivity index (χ0n) is 19.0. The van der Waals surface area contributed by atoms with Crippen LogP contribution in [0.15, 0.2) is 36.5 Å². The van der Waals surface area contributed by atoms with Crippen molar-refractivity contribution in [2.45, 2.75) is 65.0 Å². The van der Waals surface area contributed by atoms with E-state index in [2.05, 4.69) is 48.0 Å². The van der Waals surface area contributed by atoms with Crippen LogP contribution in [0.25, 0.3) is 10.9 Å². The molecule has 166 valence electrons. The SMILES string of the molecule is CCCN1C(=O)CCc2c(C)nc([C@H]3CCCCN3Cc3ccc4ncccc4c3)nc21. The van der Waals surface area contributed by atoms with Crippen LogP contribution in [0.5, 0.6) is 0 Å². The molecule has 2 aliphatic heterocycles. The molecule has 6 nitrogen and oxygen atoms in total. The number of aryl methyl sites for hydroxylation is 1. The summed E-state index contributed by atoms with van der Waals surface area (Å²) < 4.78 is 0. The molecule has 1 fully saturated rings. The first-order valence-corrected chi connectivity index (χ1v) is 11.9. The van der Waals surface area contributed by atoms with Crippen molar-refractivity contribution in [3.63, 3.8) is 0 Å². The number of amides is 1. The molecule has 1 amide bonds. The van der Waals surface area contributed by atoms with Crippen molar-refractivity contribution in [2.24, 2.45) is 0 Å². The Morgan fingerprint density at radius 2 is 2.03 bits per heavy atom. The number of hydrogen-bond donors (Lipinski definition) is 0. The molecule has 0 radical (unpaired) electrons. The molecule has 1 aromatic carbocycles. The predicted octanol–water partition coefficient (Wildman–Crippen LogP) is 4.75. The molecule has 2 aliphatic rings. The highest BCUT2D eigenvalue weighted by atomic mass is 16.2. The van der Waals surface area contributed by atoms with Crippen molar-refractivity contribution in [3.05, 3.63) is 59.2 Å². The lowest BCUT2D eigenvalue weighted by Gasteiger charge is -2.36. The number of carbonyl (C=O) groups excluding carboxylic acids is 1. The van der Waals surface area contributed by atoms with E-state index in [0.29, 0.717) is 6.42 Å². The third-order valence-electron chi connectivity index (χ3n) is 6.77. The van der Waals surface area contributed by atoms with Gasteiger partial charge in [-0.15, -0.1) is 0 Å². The molecule has 4 heterocycles. The fourth-order valence-electron chi connectivity index (χ4n) is 5.14. The number of fused-ring (bicyclic) bond motifs is 2. The summed E-state index contributed by atoms with van der Waals surface area (Å²) in [4.78, 5) is 31.5. The van der Waals surface area contributed by atoms with E-state index in [-0.39, 0.29) is 11.9 Å². The fourth-order valence-corrected chi connectivity index (χ4v) is 5.14. The van der Waals surface area contributed by atoms with Gasteiger partial charge in [0.25, 0.3) is 0 Å². The summed E-state index contributed by atoms with van der Waals surface area (Å²) in [6, 6.07) is 10.8. The molecular formula is C26H31N5O. The van der Waals surface area contributed by atoms with Gasteiger partial charge in [0.05, 0.1) is 11.6 Å². The smallest absolute Gasteiger partial charge is 0.228 e. The third kappa shape index (κ3) is 3.99. The number of anilines is 1. The van der Waals surface area contributed by atoms with Crippen LogP contribution in [0, 0.1) is 6.92 Å². The van der Waals surface area contributed by atoms with Gasteiger partial charge in [-0.1, -0.05) is 25.5 Å². The molecule has 1 saturated heterocycles. The van der Waals surface area contributed by atoms with Gasteiger partial charge < -0.3 is 0 Å². The van der Waals surface area contributed by atoms with Crippen LogP contribution in [-0.2, 0) is 17.8 Å². The van der Waals surface area contributed by atoms with Gasteiger partial charge in [0.15, 0.2) is 0 Å². The molecule has 32 heavy (non-hydrogen) atoms. The van der Waals surface area contributed by atoms with E-state index in [1.54, 1.807) is 0 Å². The van der Waals surface area contributed by atoms with Crippen LogP contribution in [0.1, 0.15) is 67.7 Å². The second-order valence-corrected chi connectivity index (χ2v) is 9.03. The monoisotopic (exact) mass is 429 g/mol. The van der Waals surface area contributed by atoms with Crippen LogP contribution >= 0.6 is 0 Å². The topological polar surface area (TPSA) is 62.2 Å². The molecule has 0 aliphatic carbocycles. The molecule has 6 heteroatoms. The standard InChI is InChI=1S/C26H31N5O/c1-3-14-31-24(32)12-10-21-18(2)28-25(29-26(21)31)23-8-4-5-15-30(23)17-19-9-11-22-20(16-19)7-6-13-27-22/h6-7,9,11,13,16,23H,3-5,8,10,12,14-15,17H2,1-2H3/t23-/m1/s1. The Morgan fingerprint density at radius 3 is 2.91 bits per heavy atom. The maximum atomic E-state index is 12.6. The summed E-state index contributed by atoms with van der Waals surface area (Å²) in [7, 11) is 0. The molecule has 0 unspecified atom stereocenters. The van der Waals surface area contributed by atoms with Crippen LogP contribution in [-0.4, -0.2) is 38.8 Å². The first kappa shape index (κ1) is 21.0. The summed E-state index contributed by atoms with van der Waals surface area (Å²) in [6.07, 6.45) is 7.49. The highest BCUT2D eigenvalue weighted by molar-refractivity contribution is 5.95. The largest absolute Gasteiger partial charge is 0.296 e. The van der Waals surface area contributed by atoms with Crippen LogP contribution in [0.3, 0.4) is 0 Å². The summed E-state index contributed by atoms with van der Waals surface area (Å²) >= 11 is 0. The molecule has 1 atom stereocenters. The second kappa shape index (κ2) is 8.94. The Labute approximate surface area is 189 Å². The molecule has 0 N–H and O–H groups in total. The number of pyridine rings is 1. The average Bonchev–Trinajstić information content (AvgIpc) is 2.81. The number of hydrogen-bond acceptors (Lipinski definition) is 5. The van der Waals surface area contributed by atoms with Crippen LogP contribution in [0.2, 0.25) is 0 Å². The zero-order chi connectivity index (χ0) is 22.1. The van der Waals surface area contributed by atoms with Gasteiger partial charge in [-0.25, -0.2) is 9.97 Å². The van der Waals surface area contributed by atoms with Crippen LogP contribution < -0.4 is 4.90 Å². The van der Waals surface area contributed by atoms with E-state index in [1.807, 2.05) is 17.2 Å². The molecule has 0 bridgehead atoms. The molecule has 2 aromatic heterocycles. The predicted molar refractivity (Wildman–Crippen MR) is 126 cm³/mol. The second-order valence-electron chi connectivity index (χ2n) is 9.03. The van der Waals surface area contributed by atoms with Crippen molar-refractivity contribution in [3.8, 4) is 0 Å². The molecule has 5 rings (SSSR count). The van der Waals surface area contributed by atoms with Crippen molar-refractivity contribution >= 4 is 22.6 Å². The van der Waals surface area contributed by atoms with E-state index >= 15 is 0 Å². The normalized spacial score (nSPS) is 19.4. The first-order chi connectivity index (χ1) is 15.6. The van der Waals surface area contributed by atoms with Gasteiger partial charge in [-0.05, 0) is 62.9 Å². The number of likely N-dealkylation sites (tertiary alicyclic amines) is 1. The molecule has 0 saturated carbocycles. The number of carbonyl (C=O) groups is 1. The number of benzene rings is 1. The minimum atomic E-state index is 0.179. The van der Waals surface area contributed by atoms with E-state index in [4.69, 9.17) is 9.97 Å². The van der Waals surface area contributed by atoms with E-state index in [9.17, 15) is 4.79 Å². The van der Waals surface area contributed by atoms with Crippen molar-refractivity contribution in [2.75, 3.05) is 18.0 Å². The Kier molecular flexibility index (Phi) is 5.87. The Bertz CT molecular complexity index is 1140. The lowest BCUT2D eigenvalue weighted by atomic mass is 9.98. The number of nitrogens with zero attached hydrogens (tertiary/aromatic N) is 5. The zero-order valence-corrected chi connectivity index (χ0v) is 19.0. The third-order valence-corrected chi connectivity index (χ3v) is 6.77. The highest BCUT2D eigenvalue weighted by Crippen LogP contribution is 2.35. The lowest BCUT2D eigenvalue weighted by molar-refractivity contribution is -0.119. The van der Waals surface area contributed by atoms with Gasteiger partial charge in [0.1, 0.15) is 11.6 Å². The number of rotatable bonds is 5. The van der Waals surface area contributed by atoms with E-state index < -0.39 is 0 Å². The minimum Gasteiger partial charge on any atom is -0.296 e. The molecular weight excluding hydrogens is 398 g/mol. The van der Waals surface area contributed by atoms with Gasteiger partial charge in [-0.3, -0.25) is 19.6 Å². The Morgan fingerprint density at radius 1 is 1.12 bits per heavy atom. The maximum Gasteiger partial charge on any atom is 0.228 e. The first-order valence-electron chi connectivity index (χ1n) is 11.9.